The van der Waals surface area contributed by atoms with Crippen LogP contribution in [0.5, 0.6) is 11.5 Å². The molecule has 438 valence electrons. The van der Waals surface area contributed by atoms with Crippen molar-refractivity contribution in [3.8, 4) is 11.5 Å². The number of aromatic hydroxyl groups is 2. The Morgan fingerprint density at radius 3 is 1.41 bits per heavy atom. The van der Waals surface area contributed by atoms with Crippen molar-refractivity contribution in [1.82, 2.24) is 24.9 Å². The minimum atomic E-state index is -0.613. The van der Waals surface area contributed by atoms with Gasteiger partial charge >= 0.3 is 103 Å². The number of phenolic OH excluding ortho intramolecular Hbond substituents is 2. The summed E-state index contributed by atoms with van der Waals surface area (Å²) in [7, 11) is 0. The van der Waals surface area contributed by atoms with Crippen molar-refractivity contribution in [2.24, 2.45) is 5.73 Å². The molecule has 1 aliphatic rings. The van der Waals surface area contributed by atoms with Crippen LogP contribution in [0, 0.1) is 7.43 Å². The zero-order valence-corrected chi connectivity index (χ0v) is 54.8. The summed E-state index contributed by atoms with van der Waals surface area (Å²) >= 11 is 0. The van der Waals surface area contributed by atoms with Gasteiger partial charge in [0, 0.05) is 26.0 Å². The fourth-order valence-electron chi connectivity index (χ4n) is 7.72. The monoisotopic (exact) mass is 1230 g/mol. The summed E-state index contributed by atoms with van der Waals surface area (Å²) in [6.45, 7) is 5.76. The van der Waals surface area contributed by atoms with E-state index < -0.39 is 11.6 Å². The molecule has 0 radical (unpaired) electrons. The molecule has 3 heterocycles. The first kappa shape index (κ1) is 74.7. The number of nitrogens with zero attached hydrogens (tertiary/aromatic N) is 6. The molecule has 0 atom stereocenters. The molecule has 0 saturated carbocycles. The van der Waals surface area contributed by atoms with Crippen molar-refractivity contribution in [3.05, 3.63) is 201 Å². The molecule has 0 bridgehead atoms. The topological polar surface area (TPSA) is 412 Å². The number of benzene rings is 8. The maximum atomic E-state index is 11.3. The van der Waals surface area contributed by atoms with Gasteiger partial charge < -0.3 is 74.0 Å². The first-order chi connectivity index (χ1) is 39.9. The number of Topliss-reactive ketones (excluding diaryl/α,β-unsaturated/α-hetero) is 1. The Labute approximate surface area is 586 Å². The number of aromatic nitrogens is 6. The van der Waals surface area contributed by atoms with E-state index in [2.05, 4.69) is 53.0 Å². The molecule has 23 nitrogen and oxygen atoms in total. The number of amides is 2. The van der Waals surface area contributed by atoms with Crippen LogP contribution in [0.3, 0.4) is 0 Å². The summed E-state index contributed by atoms with van der Waals surface area (Å²) in [4.78, 5) is 77.5. The molecule has 12 rings (SSSR count). The number of carbonyl (C=O) groups is 5. The second kappa shape index (κ2) is 37.2. The summed E-state index contributed by atoms with van der Waals surface area (Å²) in [5.74, 6) is -1.80. The number of aryl methyl sites for hydroxylation is 1. The average Bonchev–Trinajstić information content (AvgIpc) is 0.860. The van der Waals surface area contributed by atoms with Crippen molar-refractivity contribution in [2.75, 3.05) is 33.6 Å². The second-order valence-electron chi connectivity index (χ2n) is 17.4. The third kappa shape index (κ3) is 21.2. The molecule has 87 heavy (non-hydrogen) atoms. The molecule has 0 unspecified atom stereocenters. The van der Waals surface area contributed by atoms with Crippen molar-refractivity contribution in [3.63, 3.8) is 0 Å². The SMILES string of the molecule is CC(=O)Nc1cccc2nc3ccccc3nc12.CC[n+]1c2ccccc2nc2c(NC(C)=O)cccc21.NC1=CC=CC(=O)C1=O.Nc1cccc(O)c1O.Nc1cccc2nc3ccccc3nc12.Nc1ccccc1N.O.O=CO[O-].[CH3-].[H-].[K+].[K+]. The molecular weight excluding hydrogens is 1160 g/mol. The molecule has 0 fully saturated rings. The minimum absolute atomic E-state index is 0. The van der Waals surface area contributed by atoms with Crippen molar-refractivity contribution in [2.45, 2.75) is 27.3 Å². The van der Waals surface area contributed by atoms with Crippen molar-refractivity contribution in [1.29, 1.82) is 0 Å². The summed E-state index contributed by atoms with van der Waals surface area (Å²) in [6.07, 6.45) is 4.06. The van der Waals surface area contributed by atoms with Crippen LogP contribution in [0.15, 0.2) is 194 Å². The van der Waals surface area contributed by atoms with Gasteiger partial charge in [-0.25, -0.2) is 24.9 Å². The van der Waals surface area contributed by atoms with Crippen LogP contribution >= 0.6 is 0 Å². The number of nitrogens with one attached hydrogen (secondary N) is 2. The molecule has 2 amide bonds. The van der Waals surface area contributed by atoms with Gasteiger partial charge in [0.1, 0.15) is 23.1 Å². The van der Waals surface area contributed by atoms with Crippen LogP contribution in [0.4, 0.5) is 34.1 Å². The van der Waals surface area contributed by atoms with Gasteiger partial charge in [-0.15, -0.1) is 0 Å². The maximum Gasteiger partial charge on any atom is 1.00 e. The number of nitrogen functional groups attached to an aromatic ring is 4. The predicted molar refractivity (Wildman–Crippen MR) is 331 cm³/mol. The number of nitrogens with two attached hydrogens (primary N) is 5. The molecular formula is C62H63K2N13O10. The normalized spacial score (nSPS) is 10.5. The van der Waals surface area contributed by atoms with E-state index in [1.165, 1.54) is 44.2 Å². The maximum absolute atomic E-state index is 11.3. The van der Waals surface area contributed by atoms with Gasteiger partial charge in [0.05, 0.1) is 72.9 Å². The van der Waals surface area contributed by atoms with Crippen LogP contribution in [-0.4, -0.2) is 70.5 Å². The Kier molecular flexibility index (Phi) is 31.9. The molecule has 0 aliphatic heterocycles. The fourth-order valence-corrected chi connectivity index (χ4v) is 7.72. The molecule has 0 spiro atoms. The van der Waals surface area contributed by atoms with E-state index in [1.54, 1.807) is 18.2 Å². The van der Waals surface area contributed by atoms with Gasteiger partial charge in [0.25, 0.3) is 6.47 Å². The third-order valence-electron chi connectivity index (χ3n) is 11.5. The Morgan fingerprint density at radius 2 is 0.943 bits per heavy atom. The molecule has 1 aliphatic carbocycles. The smallest absolute Gasteiger partial charge is 1.00 e. The zero-order chi connectivity index (χ0) is 60.0. The van der Waals surface area contributed by atoms with Gasteiger partial charge in [-0.1, -0.05) is 78.9 Å². The van der Waals surface area contributed by atoms with Crippen LogP contribution in [0.1, 0.15) is 22.2 Å². The number of anilines is 6. The number of carbonyl (C=O) groups excluding carboxylic acids is 5. The summed E-state index contributed by atoms with van der Waals surface area (Å²) < 4.78 is 2.21. The number of rotatable bonds is 4. The van der Waals surface area contributed by atoms with E-state index in [-0.39, 0.29) is 158 Å². The number of hydrogen-bond acceptors (Lipinski definition) is 19. The van der Waals surface area contributed by atoms with Gasteiger partial charge in [-0.3, -0.25) is 24.0 Å². The molecule has 8 aromatic carbocycles. The second-order valence-corrected chi connectivity index (χ2v) is 17.4. The van der Waals surface area contributed by atoms with Gasteiger partial charge in [0.2, 0.25) is 34.4 Å². The molecule has 0 saturated heterocycles. The summed E-state index contributed by atoms with van der Waals surface area (Å²) in [6, 6.07) is 52.3. The Morgan fingerprint density at radius 1 is 0.552 bits per heavy atom. The number of allylic oxidation sites excluding steroid dienone is 4. The summed E-state index contributed by atoms with van der Waals surface area (Å²) in [5.41, 5.74) is 41.0. The fraction of sp³-hybridized carbons (Fsp3) is 0.0645. The van der Waals surface area contributed by atoms with Crippen molar-refractivity contribution >= 4 is 130 Å². The Bertz CT molecular complexity index is 4200. The Balaban J connectivity index is 0.000000531. The largest absolute Gasteiger partial charge is 1.00 e. The number of phenols is 2. The first-order valence-corrected chi connectivity index (χ1v) is 25.1. The van der Waals surface area contributed by atoms with Crippen molar-refractivity contribution < 1.29 is 159 Å². The van der Waals surface area contributed by atoms with Crippen LogP contribution < -0.4 is 152 Å². The average molecular weight is 1230 g/mol. The number of hydrogen-bond donors (Lipinski definition) is 9. The predicted octanol–water partition coefficient (Wildman–Crippen LogP) is 1.01. The van der Waals surface area contributed by atoms with E-state index in [4.69, 9.17) is 53.9 Å². The third-order valence-corrected chi connectivity index (χ3v) is 11.5. The van der Waals surface area contributed by atoms with Gasteiger partial charge in [-0.05, 0) is 104 Å². The standard InChI is InChI=1S/C16H15N3O.C14H11N3O.C12H9N3.C6H8N2.C6H7NO2.C6H5NO2.CH2O3.CH3.2K.H2O.H/c1-3-19-14-9-5-4-7-12(14)18-16-13(17-11(2)20)8-6-10-15(16)19;1-9(18)15-12-7-4-8-13-14(12)17-11-6-3-2-5-10(11)16-13;13-8-4-3-7-11-12(8)15-10-6-2-1-5-9(10)14-11;7-5-3-1-2-4-6(5)8;2*7-4-2-1-3-5(8)6(4)9;2-1-4-3;;;;;/h4-10H,3H2,1-2H3;2-8H,1H3,(H,15,18);1-7H,13H2;1-4H,7-8H2;1-3,8-9H,7H2;1-3H,7H2;1,3H;1H3;;;1H2;/q;;;;;;;-1;2*+1;;-1. The minimum Gasteiger partial charge on any atom is -1.00 e. The van der Waals surface area contributed by atoms with E-state index in [9.17, 15) is 19.2 Å². The molecule has 25 heteroatoms. The number of fused-ring (bicyclic) bond motifs is 6. The summed E-state index contributed by atoms with van der Waals surface area (Å²) in [5, 5.41) is 31.7. The molecule has 3 aromatic heterocycles. The number of para-hydroxylation sites is 12. The first-order valence-electron chi connectivity index (χ1n) is 25.1. The van der Waals surface area contributed by atoms with E-state index in [0.29, 0.717) is 28.3 Å². The molecule has 11 aromatic rings. The van der Waals surface area contributed by atoms with E-state index >= 15 is 0 Å². The van der Waals surface area contributed by atoms with Crippen LogP contribution in [0.25, 0.3) is 66.2 Å². The molecule has 16 N–H and O–H groups in total. The van der Waals surface area contributed by atoms with E-state index in [0.717, 1.165) is 72.9 Å². The van der Waals surface area contributed by atoms with Gasteiger partial charge in [-0.2, -0.15) is 4.57 Å². The van der Waals surface area contributed by atoms with Gasteiger partial charge in [0.15, 0.2) is 17.0 Å². The van der Waals surface area contributed by atoms with Crippen LogP contribution in [-0.2, 0) is 35.4 Å². The quantitative estimate of drug-likeness (QED) is 0.0101. The Hall–Kier alpha value is -8.42. The van der Waals surface area contributed by atoms with Crippen LogP contribution in [0.2, 0.25) is 0 Å². The van der Waals surface area contributed by atoms with E-state index in [1.807, 2.05) is 133 Å². The zero-order valence-electron chi connectivity index (χ0n) is 49.5. The number of ketones is 2.